The van der Waals surface area contributed by atoms with Crippen LogP contribution in [-0.2, 0) is 14.3 Å². The minimum atomic E-state index is -1.12. The number of esters is 1. The van der Waals surface area contributed by atoms with E-state index >= 15 is 0 Å². The fourth-order valence-corrected chi connectivity index (χ4v) is 2.63. The average molecular weight is 344 g/mol. The van der Waals surface area contributed by atoms with E-state index in [0.29, 0.717) is 17.7 Å². The van der Waals surface area contributed by atoms with Crippen molar-refractivity contribution < 1.29 is 19.1 Å². The number of rotatable bonds is 5. The Morgan fingerprint density at radius 3 is 2.23 bits per heavy atom. The fraction of sp³-hybridized carbons (Fsp3) is 0.400. The quantitative estimate of drug-likeness (QED) is 0.506. The van der Waals surface area contributed by atoms with Gasteiger partial charge in [0, 0.05) is 24.6 Å². The second kappa shape index (κ2) is 5.89. The molecular weight excluding hydrogens is 329 g/mol. The lowest BCUT2D eigenvalue weighted by molar-refractivity contribution is -0.148. The standard InChI is InChI=1S/C15H15Cl2NO4/c1-9(19)18-11-5-3-10(4-6-11)12(20)7-22-13(21)14(2)8-15(14,16)17/h3-6H,7-8H2,1-2H3,(H,18,19). The van der Waals surface area contributed by atoms with E-state index in [1.54, 1.807) is 31.2 Å². The van der Waals surface area contributed by atoms with Crippen molar-refractivity contribution in [3.63, 3.8) is 0 Å². The molecule has 0 bridgehead atoms. The van der Waals surface area contributed by atoms with Crippen LogP contribution >= 0.6 is 23.2 Å². The SMILES string of the molecule is CC(=O)Nc1ccc(C(=O)COC(=O)C2(C)CC2(Cl)Cl)cc1. The highest BCUT2D eigenvalue weighted by Crippen LogP contribution is 2.64. The van der Waals surface area contributed by atoms with E-state index in [2.05, 4.69) is 5.32 Å². The Morgan fingerprint density at radius 1 is 1.23 bits per heavy atom. The van der Waals surface area contributed by atoms with Gasteiger partial charge < -0.3 is 10.1 Å². The Morgan fingerprint density at radius 2 is 1.77 bits per heavy atom. The molecule has 2 rings (SSSR count). The fourth-order valence-electron chi connectivity index (χ4n) is 1.94. The molecule has 1 aromatic carbocycles. The monoisotopic (exact) mass is 343 g/mol. The third kappa shape index (κ3) is 3.42. The average Bonchev–Trinajstić information content (AvgIpc) is 2.96. The highest BCUT2D eigenvalue weighted by molar-refractivity contribution is 6.53. The molecule has 7 heteroatoms. The van der Waals surface area contributed by atoms with Gasteiger partial charge in [-0.1, -0.05) is 0 Å². The smallest absolute Gasteiger partial charge is 0.315 e. The van der Waals surface area contributed by atoms with Gasteiger partial charge in [0.05, 0.1) is 0 Å². The van der Waals surface area contributed by atoms with Crippen LogP contribution in [-0.4, -0.2) is 28.6 Å². The van der Waals surface area contributed by atoms with Crippen molar-refractivity contribution in [1.82, 2.24) is 0 Å². The van der Waals surface area contributed by atoms with E-state index in [0.717, 1.165) is 0 Å². The summed E-state index contributed by atoms with van der Waals surface area (Å²) in [7, 11) is 0. The highest BCUT2D eigenvalue weighted by atomic mass is 35.5. The van der Waals surface area contributed by atoms with Crippen LogP contribution < -0.4 is 5.32 Å². The number of ether oxygens (including phenoxy) is 1. The second-order valence-electron chi connectivity index (χ2n) is 5.47. The molecule has 1 atom stereocenters. The Kier molecular flexibility index (Phi) is 4.49. The van der Waals surface area contributed by atoms with E-state index in [4.69, 9.17) is 27.9 Å². The third-order valence-corrected chi connectivity index (χ3v) is 4.67. The molecule has 1 unspecified atom stereocenters. The van der Waals surface area contributed by atoms with Crippen LogP contribution in [0, 0.1) is 5.41 Å². The molecule has 1 N–H and O–H groups in total. The van der Waals surface area contributed by atoms with Gasteiger partial charge in [-0.3, -0.25) is 14.4 Å². The molecule has 0 saturated heterocycles. The first-order chi connectivity index (χ1) is 10.2. The number of hydrogen-bond donors (Lipinski definition) is 1. The number of amides is 1. The van der Waals surface area contributed by atoms with Crippen LogP contribution in [0.4, 0.5) is 5.69 Å². The molecule has 0 radical (unpaired) electrons. The molecule has 22 heavy (non-hydrogen) atoms. The van der Waals surface area contributed by atoms with E-state index in [1.807, 2.05) is 0 Å². The van der Waals surface area contributed by atoms with Crippen LogP contribution in [0.1, 0.15) is 30.6 Å². The Balaban J connectivity index is 1.90. The van der Waals surface area contributed by atoms with Crippen molar-refractivity contribution in [3.8, 4) is 0 Å². The van der Waals surface area contributed by atoms with Gasteiger partial charge in [-0.2, -0.15) is 0 Å². The lowest BCUT2D eigenvalue weighted by atomic mass is 10.1. The molecule has 0 heterocycles. The maximum Gasteiger partial charge on any atom is 0.315 e. The van der Waals surface area contributed by atoms with E-state index in [1.165, 1.54) is 6.92 Å². The zero-order chi connectivity index (χ0) is 16.5. The summed E-state index contributed by atoms with van der Waals surface area (Å²) >= 11 is 11.8. The summed E-state index contributed by atoms with van der Waals surface area (Å²) < 4.78 is 3.87. The predicted octanol–water partition coefficient (Wildman–Crippen LogP) is 2.95. The van der Waals surface area contributed by atoms with Crippen LogP contribution in [0.5, 0.6) is 0 Å². The highest BCUT2D eigenvalue weighted by Gasteiger charge is 2.69. The maximum absolute atomic E-state index is 12.0. The van der Waals surface area contributed by atoms with Crippen molar-refractivity contribution >= 4 is 46.5 Å². The first kappa shape index (κ1) is 16.8. The minimum Gasteiger partial charge on any atom is -0.457 e. The van der Waals surface area contributed by atoms with Gasteiger partial charge in [0.25, 0.3) is 0 Å². The molecular formula is C15H15Cl2NO4. The summed E-state index contributed by atoms with van der Waals surface area (Å²) in [5.41, 5.74) is 0.0116. The number of hydrogen-bond acceptors (Lipinski definition) is 4. The van der Waals surface area contributed by atoms with Gasteiger partial charge in [-0.05, 0) is 31.2 Å². The lowest BCUT2D eigenvalue weighted by Crippen LogP contribution is -2.24. The molecule has 1 aromatic rings. The zero-order valence-electron chi connectivity index (χ0n) is 12.1. The molecule has 0 aromatic heterocycles. The van der Waals surface area contributed by atoms with Crippen LogP contribution in [0.3, 0.4) is 0 Å². The number of halogens is 2. The molecule has 0 aliphatic heterocycles. The van der Waals surface area contributed by atoms with Crippen molar-refractivity contribution in [2.75, 3.05) is 11.9 Å². The molecule has 0 spiro atoms. The number of ketones is 1. The van der Waals surface area contributed by atoms with Crippen LogP contribution in [0.25, 0.3) is 0 Å². The topological polar surface area (TPSA) is 72.5 Å². The van der Waals surface area contributed by atoms with Gasteiger partial charge in [-0.25, -0.2) is 0 Å². The van der Waals surface area contributed by atoms with Gasteiger partial charge in [-0.15, -0.1) is 23.2 Å². The summed E-state index contributed by atoms with van der Waals surface area (Å²) in [6.45, 7) is 2.62. The molecule has 1 aliphatic rings. The van der Waals surface area contributed by atoms with Crippen molar-refractivity contribution in [2.45, 2.75) is 24.6 Å². The number of Topliss-reactive ketones (excluding diaryl/α,β-unsaturated/α-hetero) is 1. The number of nitrogens with one attached hydrogen (secondary N) is 1. The molecule has 5 nitrogen and oxygen atoms in total. The molecule has 118 valence electrons. The van der Waals surface area contributed by atoms with Gasteiger partial charge >= 0.3 is 5.97 Å². The largest absolute Gasteiger partial charge is 0.457 e. The molecule has 1 amide bonds. The predicted molar refractivity (Wildman–Crippen MR) is 83.2 cm³/mol. The third-order valence-electron chi connectivity index (χ3n) is 3.57. The van der Waals surface area contributed by atoms with Gasteiger partial charge in [0.15, 0.2) is 12.4 Å². The Labute approximate surface area is 137 Å². The van der Waals surface area contributed by atoms with Crippen LogP contribution in [0.2, 0.25) is 0 Å². The van der Waals surface area contributed by atoms with Crippen molar-refractivity contribution in [1.29, 1.82) is 0 Å². The normalized spacial score (nSPS) is 21.8. The van der Waals surface area contributed by atoms with Crippen molar-refractivity contribution in [2.24, 2.45) is 5.41 Å². The maximum atomic E-state index is 12.0. The first-order valence-corrected chi connectivity index (χ1v) is 7.37. The summed E-state index contributed by atoms with van der Waals surface area (Å²) in [6, 6.07) is 6.30. The van der Waals surface area contributed by atoms with E-state index < -0.39 is 15.7 Å². The lowest BCUT2D eigenvalue weighted by Gasteiger charge is -2.11. The summed E-state index contributed by atoms with van der Waals surface area (Å²) in [5, 5.41) is 2.59. The first-order valence-electron chi connectivity index (χ1n) is 6.62. The van der Waals surface area contributed by atoms with Crippen molar-refractivity contribution in [3.05, 3.63) is 29.8 Å². The number of carbonyl (C=O) groups excluding carboxylic acids is 3. The Hall–Kier alpha value is -1.59. The molecule has 1 aliphatic carbocycles. The Bertz CT molecular complexity index is 627. The number of alkyl halides is 2. The summed E-state index contributed by atoms with van der Waals surface area (Å²) in [6.07, 6.45) is 0.307. The number of carbonyl (C=O) groups is 3. The summed E-state index contributed by atoms with van der Waals surface area (Å²) in [5.74, 6) is -1.13. The minimum absolute atomic E-state index is 0.198. The molecule has 1 fully saturated rings. The van der Waals surface area contributed by atoms with E-state index in [9.17, 15) is 14.4 Å². The van der Waals surface area contributed by atoms with Gasteiger partial charge in [0.1, 0.15) is 9.75 Å². The number of anilines is 1. The van der Waals surface area contributed by atoms with Gasteiger partial charge in [0.2, 0.25) is 5.91 Å². The zero-order valence-corrected chi connectivity index (χ0v) is 13.6. The molecule has 1 saturated carbocycles. The number of benzene rings is 1. The van der Waals surface area contributed by atoms with E-state index in [-0.39, 0.29) is 18.3 Å². The summed E-state index contributed by atoms with van der Waals surface area (Å²) in [4.78, 5) is 34.7. The van der Waals surface area contributed by atoms with Crippen LogP contribution in [0.15, 0.2) is 24.3 Å². The second-order valence-corrected chi connectivity index (χ2v) is 6.96.